The predicted molar refractivity (Wildman–Crippen MR) is 98.1 cm³/mol. The standard InChI is InChI=1S/C18H19ClN4OS/c19-14-3-1-2-4-16(14)25-17-8-7-15(21-22-17)18(24)23-10-9-12-5-6-13(11-23)20-12/h1-4,7-8,12-13,20H,5-6,9-11H2. The molecule has 1 aromatic heterocycles. The molecule has 1 aromatic carbocycles. The molecule has 2 aromatic rings. The molecule has 130 valence electrons. The Morgan fingerprint density at radius 2 is 1.96 bits per heavy atom. The summed E-state index contributed by atoms with van der Waals surface area (Å²) >= 11 is 7.61. The molecule has 3 heterocycles. The van der Waals surface area contributed by atoms with Crippen molar-refractivity contribution in [3.63, 3.8) is 0 Å². The fourth-order valence-electron chi connectivity index (χ4n) is 3.42. The zero-order valence-electron chi connectivity index (χ0n) is 13.7. The maximum absolute atomic E-state index is 12.7. The van der Waals surface area contributed by atoms with E-state index in [9.17, 15) is 4.79 Å². The van der Waals surface area contributed by atoms with E-state index in [0.29, 0.717) is 22.8 Å². The van der Waals surface area contributed by atoms with Gasteiger partial charge in [-0.2, -0.15) is 0 Å². The van der Waals surface area contributed by atoms with Crippen LogP contribution in [-0.4, -0.2) is 46.2 Å². The second kappa shape index (κ2) is 7.32. The van der Waals surface area contributed by atoms with E-state index >= 15 is 0 Å². The lowest BCUT2D eigenvalue weighted by atomic mass is 10.1. The zero-order valence-corrected chi connectivity index (χ0v) is 15.3. The highest BCUT2D eigenvalue weighted by molar-refractivity contribution is 7.99. The molecule has 2 fully saturated rings. The van der Waals surface area contributed by atoms with Gasteiger partial charge in [0.1, 0.15) is 5.03 Å². The van der Waals surface area contributed by atoms with Gasteiger partial charge in [-0.05, 0) is 43.5 Å². The summed E-state index contributed by atoms with van der Waals surface area (Å²) in [7, 11) is 0. The molecule has 0 saturated carbocycles. The van der Waals surface area contributed by atoms with Crippen molar-refractivity contribution >= 4 is 29.3 Å². The number of benzene rings is 1. The first kappa shape index (κ1) is 16.8. The van der Waals surface area contributed by atoms with Gasteiger partial charge in [0.05, 0.1) is 5.02 Å². The Morgan fingerprint density at radius 3 is 2.76 bits per heavy atom. The van der Waals surface area contributed by atoms with E-state index < -0.39 is 0 Å². The quantitative estimate of drug-likeness (QED) is 0.893. The average molecular weight is 375 g/mol. The van der Waals surface area contributed by atoms with Crippen molar-refractivity contribution < 1.29 is 4.79 Å². The number of rotatable bonds is 3. The molecule has 0 aliphatic carbocycles. The number of carbonyl (C=O) groups excluding carboxylic acids is 1. The van der Waals surface area contributed by atoms with Crippen molar-refractivity contribution in [2.75, 3.05) is 13.1 Å². The van der Waals surface area contributed by atoms with Gasteiger partial charge in [-0.25, -0.2) is 0 Å². The van der Waals surface area contributed by atoms with Gasteiger partial charge < -0.3 is 10.2 Å². The summed E-state index contributed by atoms with van der Waals surface area (Å²) in [6.45, 7) is 1.54. The van der Waals surface area contributed by atoms with E-state index in [-0.39, 0.29) is 5.91 Å². The molecular formula is C18H19ClN4OS. The number of nitrogens with one attached hydrogen (secondary N) is 1. The number of carbonyl (C=O) groups is 1. The number of hydrogen-bond donors (Lipinski definition) is 1. The summed E-state index contributed by atoms with van der Waals surface area (Å²) < 4.78 is 0. The van der Waals surface area contributed by atoms with Crippen LogP contribution in [0.3, 0.4) is 0 Å². The zero-order chi connectivity index (χ0) is 17.2. The van der Waals surface area contributed by atoms with E-state index in [1.165, 1.54) is 18.2 Å². The van der Waals surface area contributed by atoms with Gasteiger partial charge in [0.2, 0.25) is 0 Å². The van der Waals surface area contributed by atoms with E-state index in [4.69, 9.17) is 11.6 Å². The maximum atomic E-state index is 12.7. The van der Waals surface area contributed by atoms with Gasteiger partial charge >= 0.3 is 0 Å². The molecule has 2 saturated heterocycles. The Kier molecular flexibility index (Phi) is 4.92. The third kappa shape index (κ3) is 3.81. The summed E-state index contributed by atoms with van der Waals surface area (Å²) in [4.78, 5) is 15.5. The van der Waals surface area contributed by atoms with Gasteiger partial charge in [0.15, 0.2) is 5.69 Å². The van der Waals surface area contributed by atoms with E-state index in [0.717, 1.165) is 35.9 Å². The van der Waals surface area contributed by atoms with Crippen LogP contribution in [0.25, 0.3) is 0 Å². The Bertz CT molecular complexity index is 770. The molecule has 1 N–H and O–H groups in total. The number of aromatic nitrogens is 2. The van der Waals surface area contributed by atoms with Crippen LogP contribution in [0.4, 0.5) is 0 Å². The molecule has 0 spiro atoms. The minimum atomic E-state index is -0.0313. The van der Waals surface area contributed by atoms with E-state index in [1.54, 1.807) is 6.07 Å². The highest BCUT2D eigenvalue weighted by Gasteiger charge is 2.31. The predicted octanol–water partition coefficient (Wildman–Crippen LogP) is 3.25. The molecule has 2 atom stereocenters. The molecule has 1 amide bonds. The van der Waals surface area contributed by atoms with Gasteiger partial charge in [0, 0.05) is 30.1 Å². The highest BCUT2D eigenvalue weighted by Crippen LogP contribution is 2.31. The number of fused-ring (bicyclic) bond motifs is 2. The Labute approximate surface area is 156 Å². The van der Waals surface area contributed by atoms with Gasteiger partial charge in [-0.3, -0.25) is 4.79 Å². The smallest absolute Gasteiger partial charge is 0.274 e. The Hall–Kier alpha value is -1.63. The summed E-state index contributed by atoms with van der Waals surface area (Å²) in [5.74, 6) is -0.0313. The third-order valence-corrected chi connectivity index (χ3v) is 6.17. The molecule has 5 nitrogen and oxygen atoms in total. The first-order chi connectivity index (χ1) is 12.2. The monoisotopic (exact) mass is 374 g/mol. The van der Waals surface area contributed by atoms with Crippen molar-refractivity contribution in [1.29, 1.82) is 0 Å². The second-order valence-electron chi connectivity index (χ2n) is 6.47. The van der Waals surface area contributed by atoms with E-state index in [2.05, 4.69) is 15.5 Å². The number of hydrogen-bond acceptors (Lipinski definition) is 5. The van der Waals surface area contributed by atoms with Crippen LogP contribution in [-0.2, 0) is 0 Å². The van der Waals surface area contributed by atoms with Gasteiger partial charge in [-0.15, -0.1) is 10.2 Å². The summed E-state index contributed by atoms with van der Waals surface area (Å²) in [5, 5.41) is 13.3. The van der Waals surface area contributed by atoms with Crippen molar-refractivity contribution in [2.45, 2.75) is 41.3 Å². The van der Waals surface area contributed by atoms with E-state index in [1.807, 2.05) is 35.2 Å². The lowest BCUT2D eigenvalue weighted by molar-refractivity contribution is 0.0740. The minimum Gasteiger partial charge on any atom is -0.336 e. The number of halogens is 1. The molecule has 2 aliphatic heterocycles. The minimum absolute atomic E-state index is 0.0313. The summed E-state index contributed by atoms with van der Waals surface area (Å²) in [5.41, 5.74) is 0.404. The molecule has 7 heteroatoms. The maximum Gasteiger partial charge on any atom is 0.274 e. The molecular weight excluding hydrogens is 356 g/mol. The molecule has 2 unspecified atom stereocenters. The SMILES string of the molecule is O=C(c1ccc(Sc2ccccc2Cl)nn1)N1CCC2CCC(C1)N2. The van der Waals surface area contributed by atoms with Crippen LogP contribution in [0.1, 0.15) is 29.8 Å². The van der Waals surface area contributed by atoms with Crippen molar-refractivity contribution in [1.82, 2.24) is 20.4 Å². The fraction of sp³-hybridized carbons (Fsp3) is 0.389. The van der Waals surface area contributed by atoms with Crippen molar-refractivity contribution in [3.8, 4) is 0 Å². The highest BCUT2D eigenvalue weighted by atomic mass is 35.5. The van der Waals surface area contributed by atoms with Gasteiger partial charge in [0.25, 0.3) is 5.91 Å². The fourth-order valence-corrected chi connectivity index (χ4v) is 4.42. The van der Waals surface area contributed by atoms with Crippen LogP contribution in [0, 0.1) is 0 Å². The number of amides is 1. The normalized spacial score (nSPS) is 22.7. The second-order valence-corrected chi connectivity index (χ2v) is 7.94. The summed E-state index contributed by atoms with van der Waals surface area (Å²) in [6.07, 6.45) is 3.38. The number of likely N-dealkylation sites (tertiary alicyclic amines) is 1. The molecule has 2 aliphatic rings. The van der Waals surface area contributed by atoms with Crippen molar-refractivity contribution in [3.05, 3.63) is 47.1 Å². The molecule has 4 rings (SSSR count). The first-order valence-corrected chi connectivity index (χ1v) is 9.70. The topological polar surface area (TPSA) is 58.1 Å². The molecule has 2 bridgehead atoms. The van der Waals surface area contributed by atoms with Gasteiger partial charge in [-0.1, -0.05) is 35.5 Å². The third-order valence-electron chi connectivity index (χ3n) is 4.72. The summed E-state index contributed by atoms with van der Waals surface area (Å²) in [6, 6.07) is 12.2. The van der Waals surface area contributed by atoms with Crippen LogP contribution in [0.15, 0.2) is 46.3 Å². The van der Waals surface area contributed by atoms with Crippen LogP contribution in [0.5, 0.6) is 0 Å². The van der Waals surface area contributed by atoms with Crippen molar-refractivity contribution in [2.24, 2.45) is 0 Å². The lowest BCUT2D eigenvalue weighted by Crippen LogP contribution is -2.39. The first-order valence-electron chi connectivity index (χ1n) is 8.50. The molecule has 25 heavy (non-hydrogen) atoms. The number of nitrogens with zero attached hydrogens (tertiary/aromatic N) is 3. The lowest BCUT2D eigenvalue weighted by Gasteiger charge is -2.23. The van der Waals surface area contributed by atoms with Crippen LogP contribution < -0.4 is 5.32 Å². The van der Waals surface area contributed by atoms with Crippen LogP contribution in [0.2, 0.25) is 5.02 Å². The largest absolute Gasteiger partial charge is 0.336 e. The van der Waals surface area contributed by atoms with Crippen LogP contribution >= 0.6 is 23.4 Å². The Balaban J connectivity index is 1.44. The molecule has 0 radical (unpaired) electrons. The Morgan fingerprint density at radius 1 is 1.12 bits per heavy atom. The average Bonchev–Trinajstić information content (AvgIpc) is 2.96.